The first-order valence-corrected chi connectivity index (χ1v) is 14.0. The lowest BCUT2D eigenvalue weighted by Gasteiger charge is -2.34. The predicted octanol–water partition coefficient (Wildman–Crippen LogP) is 5.53. The minimum absolute atomic E-state index is 0.0165. The molecule has 37 heavy (non-hydrogen) atoms. The molecule has 3 aliphatic rings. The van der Waals surface area contributed by atoms with E-state index >= 15 is 0 Å². The van der Waals surface area contributed by atoms with Crippen molar-refractivity contribution < 1.29 is 19.1 Å². The number of nitrogens with one attached hydrogen (secondary N) is 1. The summed E-state index contributed by atoms with van der Waals surface area (Å²) in [5.74, 6) is 3.65. The Kier molecular flexibility index (Phi) is 9.56. The van der Waals surface area contributed by atoms with Gasteiger partial charge in [0.1, 0.15) is 11.8 Å². The Balaban J connectivity index is 1.56. The minimum Gasteiger partial charge on any atom is -0.492 e. The third-order valence-electron chi connectivity index (χ3n) is 7.69. The van der Waals surface area contributed by atoms with Crippen LogP contribution in [0.1, 0.15) is 64.7 Å². The van der Waals surface area contributed by atoms with E-state index < -0.39 is 11.9 Å². The maximum atomic E-state index is 13.7. The smallest absolute Gasteiger partial charge is 0.303 e. The van der Waals surface area contributed by atoms with Crippen molar-refractivity contribution in [3.8, 4) is 18.1 Å². The fourth-order valence-electron chi connectivity index (χ4n) is 5.61. The summed E-state index contributed by atoms with van der Waals surface area (Å²) < 4.78 is 11.3. The van der Waals surface area contributed by atoms with E-state index in [2.05, 4.69) is 24.7 Å². The van der Waals surface area contributed by atoms with Crippen LogP contribution in [-0.2, 0) is 14.3 Å². The van der Waals surface area contributed by atoms with Crippen molar-refractivity contribution in [3.05, 3.63) is 35.4 Å². The molecule has 4 rings (SSSR count). The zero-order valence-corrected chi connectivity index (χ0v) is 22.6. The van der Waals surface area contributed by atoms with Crippen LogP contribution in [-0.4, -0.2) is 43.7 Å². The molecule has 3 fully saturated rings. The quantitative estimate of drug-likeness (QED) is 0.321. The Morgan fingerprint density at radius 3 is 2.65 bits per heavy atom. The molecule has 7 heteroatoms. The van der Waals surface area contributed by atoms with Gasteiger partial charge in [-0.25, -0.2) is 0 Å². The molecule has 2 aliphatic carbocycles. The van der Waals surface area contributed by atoms with E-state index in [4.69, 9.17) is 27.5 Å². The van der Waals surface area contributed by atoms with Gasteiger partial charge in [-0.15, -0.1) is 6.42 Å². The Morgan fingerprint density at radius 2 is 2.00 bits per heavy atom. The second kappa shape index (κ2) is 12.8. The number of carbonyl (C=O) groups is 2. The standard InChI is InChI=1S/C30H39ClN2O4/c1-4-29(34)33(25-8-10-28(26(31)18-25)37-19-22-5-6-22)27(30(35)32-24-11-13-36-14-12-24)9-7-23-16-20(2)15-21(3)17-23/h1,8,10,18,21-24,27H,2,5-7,9,11-17,19H2,3H3,(H,32,35). The van der Waals surface area contributed by atoms with E-state index in [1.54, 1.807) is 18.2 Å². The zero-order valence-electron chi connectivity index (χ0n) is 21.8. The maximum Gasteiger partial charge on any atom is 0.303 e. The van der Waals surface area contributed by atoms with Crippen molar-refractivity contribution in [2.75, 3.05) is 24.7 Å². The number of nitrogens with zero attached hydrogens (tertiary/aromatic N) is 1. The summed E-state index contributed by atoms with van der Waals surface area (Å²) in [6.07, 6.45) is 13.9. The van der Waals surface area contributed by atoms with Crippen LogP contribution in [0.4, 0.5) is 5.69 Å². The second-order valence-electron chi connectivity index (χ2n) is 11.0. The molecule has 1 aromatic rings. The number of allylic oxidation sites excluding steroid dienone is 1. The molecular formula is C30H39ClN2O4. The predicted molar refractivity (Wildman–Crippen MR) is 147 cm³/mol. The third kappa shape index (κ3) is 7.75. The molecule has 200 valence electrons. The number of carbonyl (C=O) groups excluding carboxylic acids is 2. The molecule has 1 aromatic carbocycles. The lowest BCUT2D eigenvalue weighted by Crippen LogP contribution is -2.53. The van der Waals surface area contributed by atoms with Crippen LogP contribution >= 0.6 is 11.6 Å². The van der Waals surface area contributed by atoms with Gasteiger partial charge in [0.2, 0.25) is 5.91 Å². The van der Waals surface area contributed by atoms with E-state index in [9.17, 15) is 9.59 Å². The first kappa shape index (κ1) is 27.5. The van der Waals surface area contributed by atoms with Gasteiger partial charge in [0.25, 0.3) is 0 Å². The summed E-state index contributed by atoms with van der Waals surface area (Å²) in [5, 5.41) is 3.56. The van der Waals surface area contributed by atoms with E-state index in [-0.39, 0.29) is 11.9 Å². The Labute approximate surface area is 226 Å². The van der Waals surface area contributed by atoms with Crippen LogP contribution in [0.2, 0.25) is 5.02 Å². The van der Waals surface area contributed by atoms with Crippen molar-refractivity contribution in [2.24, 2.45) is 17.8 Å². The third-order valence-corrected chi connectivity index (χ3v) is 7.98. The normalized spacial score (nSPS) is 23.1. The summed E-state index contributed by atoms with van der Waals surface area (Å²) in [7, 11) is 0. The molecule has 2 amide bonds. The number of terminal acetylenes is 1. The van der Waals surface area contributed by atoms with Crippen LogP contribution < -0.4 is 15.0 Å². The van der Waals surface area contributed by atoms with Crippen LogP contribution in [0, 0.1) is 30.1 Å². The van der Waals surface area contributed by atoms with Crippen molar-refractivity contribution in [2.45, 2.75) is 76.8 Å². The molecule has 1 saturated heterocycles. The highest BCUT2D eigenvalue weighted by Gasteiger charge is 2.34. The summed E-state index contributed by atoms with van der Waals surface area (Å²) in [4.78, 5) is 28.3. The van der Waals surface area contributed by atoms with Gasteiger partial charge in [-0.2, -0.15) is 0 Å². The summed E-state index contributed by atoms with van der Waals surface area (Å²) in [5.41, 5.74) is 1.76. The number of halogens is 1. The Morgan fingerprint density at radius 1 is 1.24 bits per heavy atom. The largest absolute Gasteiger partial charge is 0.492 e. The fourth-order valence-corrected chi connectivity index (χ4v) is 5.84. The van der Waals surface area contributed by atoms with Gasteiger partial charge in [-0.1, -0.05) is 30.7 Å². The number of hydrogen-bond acceptors (Lipinski definition) is 4. The van der Waals surface area contributed by atoms with Gasteiger partial charge in [0.05, 0.1) is 11.6 Å². The van der Waals surface area contributed by atoms with Crippen LogP contribution in [0.3, 0.4) is 0 Å². The molecule has 1 N–H and O–H groups in total. The molecule has 6 nitrogen and oxygen atoms in total. The number of amides is 2. The molecule has 1 heterocycles. The van der Waals surface area contributed by atoms with Crippen LogP contribution in [0.15, 0.2) is 30.4 Å². The van der Waals surface area contributed by atoms with Crippen molar-refractivity contribution in [3.63, 3.8) is 0 Å². The number of ether oxygens (including phenoxy) is 2. The molecule has 1 aliphatic heterocycles. The molecule has 0 bridgehead atoms. The van der Waals surface area contributed by atoms with E-state index in [0.29, 0.717) is 60.5 Å². The minimum atomic E-state index is -0.744. The summed E-state index contributed by atoms with van der Waals surface area (Å²) >= 11 is 6.56. The number of benzene rings is 1. The zero-order chi connectivity index (χ0) is 26.4. The van der Waals surface area contributed by atoms with E-state index in [1.807, 2.05) is 0 Å². The number of anilines is 1. The topological polar surface area (TPSA) is 67.9 Å². The van der Waals surface area contributed by atoms with Crippen LogP contribution in [0.25, 0.3) is 0 Å². The highest BCUT2D eigenvalue weighted by Crippen LogP contribution is 2.37. The van der Waals surface area contributed by atoms with Gasteiger partial charge >= 0.3 is 5.91 Å². The summed E-state index contributed by atoms with van der Waals surface area (Å²) in [6.45, 7) is 8.32. The average Bonchev–Trinajstić information content (AvgIpc) is 3.70. The number of hydrogen-bond donors (Lipinski definition) is 1. The van der Waals surface area contributed by atoms with Crippen molar-refractivity contribution in [1.29, 1.82) is 0 Å². The van der Waals surface area contributed by atoms with Crippen molar-refractivity contribution in [1.82, 2.24) is 5.32 Å². The summed E-state index contributed by atoms with van der Waals surface area (Å²) in [6, 6.07) is 4.48. The first-order valence-electron chi connectivity index (χ1n) is 13.6. The molecule has 0 radical (unpaired) electrons. The van der Waals surface area contributed by atoms with Gasteiger partial charge in [0, 0.05) is 24.9 Å². The lowest BCUT2D eigenvalue weighted by atomic mass is 9.77. The van der Waals surface area contributed by atoms with Gasteiger partial charge in [-0.3, -0.25) is 14.5 Å². The second-order valence-corrected chi connectivity index (χ2v) is 11.4. The average molecular weight is 527 g/mol. The molecule has 3 unspecified atom stereocenters. The molecular weight excluding hydrogens is 488 g/mol. The van der Waals surface area contributed by atoms with Gasteiger partial charge < -0.3 is 14.8 Å². The van der Waals surface area contributed by atoms with Crippen LogP contribution in [0.5, 0.6) is 5.75 Å². The molecule has 2 saturated carbocycles. The molecule has 3 atom stereocenters. The van der Waals surface area contributed by atoms with Crippen molar-refractivity contribution >= 4 is 29.1 Å². The molecule has 0 spiro atoms. The highest BCUT2D eigenvalue weighted by atomic mass is 35.5. The lowest BCUT2D eigenvalue weighted by molar-refractivity contribution is -0.126. The van der Waals surface area contributed by atoms with E-state index in [0.717, 1.165) is 38.5 Å². The molecule has 0 aromatic heterocycles. The monoisotopic (exact) mass is 526 g/mol. The maximum absolute atomic E-state index is 13.7. The van der Waals surface area contributed by atoms with Gasteiger partial charge in [-0.05, 0) is 99.7 Å². The highest BCUT2D eigenvalue weighted by molar-refractivity contribution is 6.32. The fraction of sp³-hybridized carbons (Fsp3) is 0.600. The first-order chi connectivity index (χ1) is 17.8. The number of rotatable bonds is 10. The van der Waals surface area contributed by atoms with Gasteiger partial charge in [0.15, 0.2) is 0 Å². The Hall–Kier alpha value is -2.49. The Bertz CT molecular complexity index is 1020. The van der Waals surface area contributed by atoms with E-state index in [1.165, 1.54) is 23.3 Å². The SMILES string of the molecule is C#CC(=O)N(c1ccc(OCC2CC2)c(Cl)c1)C(CCC1CC(=C)CC(C)C1)C(=O)NC1CCOCC1.